The highest BCUT2D eigenvalue weighted by molar-refractivity contribution is 5.83. The zero-order chi connectivity index (χ0) is 44.4. The highest BCUT2D eigenvalue weighted by atomic mass is 19.4. The van der Waals surface area contributed by atoms with Crippen LogP contribution in [0.2, 0.25) is 0 Å². The summed E-state index contributed by atoms with van der Waals surface area (Å²) in [6.07, 6.45) is -6.88. The summed E-state index contributed by atoms with van der Waals surface area (Å²) < 4.78 is 69.4. The van der Waals surface area contributed by atoms with Crippen LogP contribution in [0, 0.1) is 17.6 Å². The molecule has 2 heterocycles. The monoisotopic (exact) mass is 852 g/mol. The molecule has 1 fully saturated rings. The summed E-state index contributed by atoms with van der Waals surface area (Å²) in [6, 6.07) is 23.3. The fraction of sp³-hybridized carbons (Fsp3) is 0.341. The Morgan fingerprint density at radius 3 is 1.98 bits per heavy atom. The van der Waals surface area contributed by atoms with Gasteiger partial charge in [-0.2, -0.15) is 18.2 Å². The largest absolute Gasteiger partial charge is 0.479 e. The van der Waals surface area contributed by atoms with Crippen LogP contribution in [0.5, 0.6) is 0 Å². The zero-order valence-corrected chi connectivity index (χ0v) is 33.1. The molecule has 0 spiro atoms. The minimum absolute atomic E-state index is 0.0769. The third-order valence-electron chi connectivity index (χ3n) is 10.6. The number of carboxylic acid groups (broad SMARTS) is 2. The summed E-state index contributed by atoms with van der Waals surface area (Å²) in [4.78, 5) is 55.5. The van der Waals surface area contributed by atoms with Gasteiger partial charge in [-0.15, -0.1) is 0 Å². The van der Waals surface area contributed by atoms with Crippen molar-refractivity contribution >= 4 is 28.7 Å². The minimum atomic E-state index is -4.41. The number of halogens is 5. The Morgan fingerprint density at radius 1 is 0.820 bits per heavy atom. The number of hydrogen-bond acceptors (Lipinski definition) is 8. The number of rotatable bonds is 14. The highest BCUT2D eigenvalue weighted by Gasteiger charge is 2.31. The topological polar surface area (TPSA) is 174 Å². The summed E-state index contributed by atoms with van der Waals surface area (Å²) in [5.41, 5.74) is 1.76. The maximum Gasteiger partial charge on any atom is 0.416 e. The van der Waals surface area contributed by atoms with E-state index in [0.717, 1.165) is 61.8 Å². The third kappa shape index (κ3) is 12.0. The number of aliphatic hydroxyl groups is 2. The van der Waals surface area contributed by atoms with Gasteiger partial charge in [0.1, 0.15) is 12.4 Å². The summed E-state index contributed by atoms with van der Waals surface area (Å²) in [6.45, 7) is 5.69. The van der Waals surface area contributed by atoms with E-state index in [2.05, 4.69) is 16.8 Å². The SMILES string of the molecule is CCN1CCC(CN(Cc2ccc(-c3ccc(C(F)(F)F)cc3)cc2)C(=O)Cn2c(CCc3cccc(F)c3F)nc(=O)c3ccccc32)CC1.O=C(O)C(O)C(O)C(=O)O. The lowest BCUT2D eigenvalue weighted by atomic mass is 9.95. The van der Waals surface area contributed by atoms with Gasteiger partial charge in [0.25, 0.3) is 5.56 Å². The number of aliphatic carboxylic acids is 2. The van der Waals surface area contributed by atoms with E-state index in [0.29, 0.717) is 35.4 Å². The lowest BCUT2D eigenvalue weighted by Crippen LogP contribution is -2.42. The fourth-order valence-electron chi connectivity index (χ4n) is 7.05. The van der Waals surface area contributed by atoms with E-state index in [1.807, 2.05) is 29.2 Å². The molecule has 324 valence electrons. The van der Waals surface area contributed by atoms with Crippen molar-refractivity contribution < 1.29 is 56.8 Å². The van der Waals surface area contributed by atoms with Crippen LogP contribution < -0.4 is 5.56 Å². The van der Waals surface area contributed by atoms with Crippen molar-refractivity contribution in [3.63, 3.8) is 0 Å². The smallest absolute Gasteiger partial charge is 0.416 e. The fourth-order valence-corrected chi connectivity index (χ4v) is 7.05. The first-order chi connectivity index (χ1) is 29.0. The Morgan fingerprint density at radius 2 is 1.41 bits per heavy atom. The molecule has 0 bridgehead atoms. The van der Waals surface area contributed by atoms with E-state index < -0.39 is 53.1 Å². The lowest BCUT2D eigenvalue weighted by Gasteiger charge is -2.34. The second-order valence-electron chi connectivity index (χ2n) is 14.6. The number of carboxylic acids is 2. The highest BCUT2D eigenvalue weighted by Crippen LogP contribution is 2.31. The number of fused-ring (bicyclic) bond motifs is 1. The number of likely N-dealkylation sites (tertiary alicyclic amines) is 1. The Bertz CT molecular complexity index is 2350. The molecule has 61 heavy (non-hydrogen) atoms. The van der Waals surface area contributed by atoms with Crippen molar-refractivity contribution in [1.82, 2.24) is 19.4 Å². The van der Waals surface area contributed by atoms with Gasteiger partial charge in [-0.25, -0.2) is 18.4 Å². The third-order valence-corrected chi connectivity index (χ3v) is 10.6. The maximum atomic E-state index is 14.5. The summed E-state index contributed by atoms with van der Waals surface area (Å²) in [7, 11) is 0. The molecule has 4 aromatic carbocycles. The molecule has 1 saturated heterocycles. The number of carbonyl (C=O) groups is 3. The van der Waals surface area contributed by atoms with Crippen molar-refractivity contribution in [1.29, 1.82) is 0 Å². The van der Waals surface area contributed by atoms with Crippen molar-refractivity contribution in [2.45, 2.75) is 64.1 Å². The number of aromatic nitrogens is 2. The summed E-state index contributed by atoms with van der Waals surface area (Å²) in [5, 5.41) is 32.9. The van der Waals surface area contributed by atoms with Gasteiger partial charge in [0.05, 0.1) is 16.5 Å². The van der Waals surface area contributed by atoms with Gasteiger partial charge in [0.15, 0.2) is 23.8 Å². The number of piperidine rings is 1. The van der Waals surface area contributed by atoms with Crippen LogP contribution >= 0.6 is 0 Å². The van der Waals surface area contributed by atoms with Gasteiger partial charge < -0.3 is 34.8 Å². The van der Waals surface area contributed by atoms with E-state index in [-0.39, 0.29) is 36.8 Å². The molecule has 5 aromatic rings. The van der Waals surface area contributed by atoms with Crippen molar-refractivity contribution in [2.75, 3.05) is 26.2 Å². The predicted octanol–water partition coefficient (Wildman–Crippen LogP) is 5.78. The quantitative estimate of drug-likeness (QED) is 0.100. The number of benzene rings is 4. The molecular formula is C44H45F5N4O8. The van der Waals surface area contributed by atoms with Gasteiger partial charge in [0, 0.05) is 19.5 Å². The first kappa shape index (κ1) is 46.0. The van der Waals surface area contributed by atoms with E-state index in [1.165, 1.54) is 24.3 Å². The maximum absolute atomic E-state index is 14.5. The molecule has 12 nitrogen and oxygen atoms in total. The molecule has 0 aliphatic carbocycles. The van der Waals surface area contributed by atoms with Gasteiger partial charge in [-0.3, -0.25) is 9.59 Å². The van der Waals surface area contributed by atoms with Crippen LogP contribution in [-0.2, 0) is 46.5 Å². The Balaban J connectivity index is 0.000000626. The number of alkyl halides is 3. The average Bonchev–Trinajstić information content (AvgIpc) is 3.25. The molecule has 2 atom stereocenters. The predicted molar refractivity (Wildman–Crippen MR) is 214 cm³/mol. The van der Waals surface area contributed by atoms with Crippen LogP contribution in [0.25, 0.3) is 22.0 Å². The molecule has 0 radical (unpaired) electrons. The molecule has 6 rings (SSSR count). The van der Waals surface area contributed by atoms with Crippen LogP contribution in [0.15, 0.2) is 95.8 Å². The first-order valence-corrected chi connectivity index (χ1v) is 19.5. The van der Waals surface area contributed by atoms with E-state index in [9.17, 15) is 41.1 Å². The van der Waals surface area contributed by atoms with Crippen LogP contribution in [0.3, 0.4) is 0 Å². The van der Waals surface area contributed by atoms with Gasteiger partial charge >= 0.3 is 18.1 Å². The number of amides is 1. The molecule has 1 aliphatic heterocycles. The Labute approximate surface area is 347 Å². The zero-order valence-electron chi connectivity index (χ0n) is 33.1. The van der Waals surface area contributed by atoms with E-state index in [1.54, 1.807) is 28.8 Å². The van der Waals surface area contributed by atoms with Gasteiger partial charge in [-0.05, 0) is 97.4 Å². The van der Waals surface area contributed by atoms with E-state index in [4.69, 9.17) is 20.4 Å². The molecule has 4 N–H and O–H groups in total. The van der Waals surface area contributed by atoms with E-state index >= 15 is 0 Å². The average molecular weight is 853 g/mol. The Hall–Kier alpha value is -6.04. The second kappa shape index (κ2) is 20.5. The second-order valence-corrected chi connectivity index (χ2v) is 14.6. The molecule has 2 unspecified atom stereocenters. The minimum Gasteiger partial charge on any atom is -0.479 e. The molecule has 1 amide bonds. The number of para-hydroxylation sites is 1. The van der Waals surface area contributed by atoms with Crippen LogP contribution in [0.1, 0.15) is 42.3 Å². The molecule has 0 saturated carbocycles. The number of carbonyl (C=O) groups excluding carboxylic acids is 1. The lowest BCUT2D eigenvalue weighted by molar-refractivity contribution is -0.165. The van der Waals surface area contributed by atoms with Gasteiger partial charge in [0.2, 0.25) is 5.91 Å². The Kier molecular flexibility index (Phi) is 15.5. The van der Waals surface area contributed by atoms with Crippen LogP contribution in [-0.4, -0.2) is 96.0 Å². The number of aryl methyl sites for hydroxylation is 2. The summed E-state index contributed by atoms with van der Waals surface area (Å²) >= 11 is 0. The number of nitrogens with zero attached hydrogens (tertiary/aromatic N) is 4. The molecule has 17 heteroatoms. The van der Waals surface area contributed by atoms with Crippen LogP contribution in [0.4, 0.5) is 22.0 Å². The van der Waals surface area contributed by atoms with Crippen molar-refractivity contribution in [2.24, 2.45) is 5.92 Å². The van der Waals surface area contributed by atoms with Crippen molar-refractivity contribution in [3.05, 3.63) is 135 Å². The number of hydrogen-bond donors (Lipinski definition) is 4. The standard InChI is InChI=1S/C40H39F5N4O2.C4H6O6/c1-2-47-22-20-28(21-23-47)25-48(24-27-10-12-29(13-11-27)30-14-17-32(18-15-30)40(43,44)45)37(50)26-49-35-9-4-3-7-33(35)39(51)46-36(49)19-16-31-6-5-8-34(41)38(31)42;5-1(3(7)8)2(6)4(9)10/h3-15,17-18,28H,2,16,19-26H2,1H3;1-2,5-6H,(H,7,8)(H,9,10). The number of aliphatic hydroxyl groups excluding tert-OH is 2. The molecule has 1 aliphatic rings. The van der Waals surface area contributed by atoms with Crippen molar-refractivity contribution in [3.8, 4) is 11.1 Å². The van der Waals surface area contributed by atoms with Gasteiger partial charge in [-0.1, -0.05) is 67.6 Å². The molecular weight excluding hydrogens is 807 g/mol. The normalized spacial score (nSPS) is 14.5. The molecule has 1 aromatic heterocycles. The summed E-state index contributed by atoms with van der Waals surface area (Å²) in [5.74, 6) is -5.05. The first-order valence-electron chi connectivity index (χ1n) is 19.5.